The molecule has 0 atom stereocenters. The van der Waals surface area contributed by atoms with Crippen LogP contribution in [0.2, 0.25) is 0 Å². The summed E-state index contributed by atoms with van der Waals surface area (Å²) in [5, 5.41) is 12.0. The second-order valence-corrected chi connectivity index (χ2v) is 8.23. The number of amides is 1. The molecule has 3 aromatic rings. The van der Waals surface area contributed by atoms with Crippen molar-refractivity contribution in [1.29, 1.82) is 0 Å². The van der Waals surface area contributed by atoms with Gasteiger partial charge < -0.3 is 14.6 Å². The second kappa shape index (κ2) is 6.98. The molecule has 144 valence electrons. The zero-order valence-electron chi connectivity index (χ0n) is 15.0. The van der Waals surface area contributed by atoms with Crippen molar-refractivity contribution in [2.24, 2.45) is 4.99 Å². The SMILES string of the molecule is O=C1N=c2cc3c(cc2=CC1=Cc1sc(=S)n(Cc2ccccc2)c1O)OCO3. The van der Waals surface area contributed by atoms with Crippen molar-refractivity contribution in [3.05, 3.63) is 73.0 Å². The van der Waals surface area contributed by atoms with Crippen LogP contribution in [0.25, 0.3) is 12.2 Å². The molecule has 2 aliphatic heterocycles. The van der Waals surface area contributed by atoms with Gasteiger partial charge in [-0.05, 0) is 36.0 Å². The van der Waals surface area contributed by atoms with Crippen LogP contribution in [-0.2, 0) is 11.3 Å². The number of thiazole rings is 1. The maximum atomic E-state index is 12.5. The van der Waals surface area contributed by atoms with Gasteiger partial charge in [-0.3, -0.25) is 9.36 Å². The van der Waals surface area contributed by atoms with E-state index in [2.05, 4.69) is 4.99 Å². The molecule has 0 unspecified atom stereocenters. The Hall–Kier alpha value is -3.23. The van der Waals surface area contributed by atoms with Crippen LogP contribution < -0.4 is 20.0 Å². The number of carbonyl (C=O) groups is 1. The summed E-state index contributed by atoms with van der Waals surface area (Å²) < 4.78 is 12.9. The molecule has 0 bridgehead atoms. The quantitative estimate of drug-likeness (QED) is 0.519. The predicted octanol–water partition coefficient (Wildman–Crippen LogP) is 2.79. The number of hydrogen-bond donors (Lipinski definition) is 1. The van der Waals surface area contributed by atoms with E-state index in [4.69, 9.17) is 21.7 Å². The zero-order valence-corrected chi connectivity index (χ0v) is 16.6. The molecule has 2 aliphatic rings. The van der Waals surface area contributed by atoms with Crippen LogP contribution in [0.15, 0.2) is 53.0 Å². The molecule has 1 amide bonds. The maximum Gasteiger partial charge on any atom is 0.277 e. The van der Waals surface area contributed by atoms with Crippen LogP contribution in [0.4, 0.5) is 0 Å². The minimum atomic E-state index is -0.385. The van der Waals surface area contributed by atoms with E-state index in [0.29, 0.717) is 37.8 Å². The van der Waals surface area contributed by atoms with E-state index in [9.17, 15) is 9.90 Å². The number of benzene rings is 2. The first-order valence-corrected chi connectivity index (χ1v) is 10.0. The highest BCUT2D eigenvalue weighted by Gasteiger charge is 2.19. The molecule has 3 heterocycles. The van der Waals surface area contributed by atoms with Crippen molar-refractivity contribution in [3.8, 4) is 17.4 Å². The zero-order chi connectivity index (χ0) is 20.0. The van der Waals surface area contributed by atoms with Crippen molar-refractivity contribution in [2.75, 3.05) is 6.79 Å². The second-order valence-electron chi connectivity index (χ2n) is 6.55. The van der Waals surface area contributed by atoms with Gasteiger partial charge >= 0.3 is 0 Å². The van der Waals surface area contributed by atoms with Crippen LogP contribution in [0, 0.1) is 3.95 Å². The highest BCUT2D eigenvalue weighted by atomic mass is 32.1. The number of ether oxygens (including phenoxy) is 2. The van der Waals surface area contributed by atoms with Crippen molar-refractivity contribution in [1.82, 2.24) is 4.57 Å². The summed E-state index contributed by atoms with van der Waals surface area (Å²) in [4.78, 5) is 17.2. The molecule has 8 heteroatoms. The Kier molecular flexibility index (Phi) is 4.30. The lowest BCUT2D eigenvalue weighted by atomic mass is 10.1. The van der Waals surface area contributed by atoms with Gasteiger partial charge in [-0.1, -0.05) is 30.3 Å². The Labute approximate surface area is 174 Å². The van der Waals surface area contributed by atoms with Gasteiger partial charge in [0.05, 0.1) is 16.8 Å². The number of nitrogens with zero attached hydrogens (tertiary/aromatic N) is 2. The largest absolute Gasteiger partial charge is 0.493 e. The third-order valence-corrected chi connectivity index (χ3v) is 6.05. The molecule has 0 spiro atoms. The van der Waals surface area contributed by atoms with E-state index < -0.39 is 0 Å². The highest BCUT2D eigenvalue weighted by molar-refractivity contribution is 7.73. The van der Waals surface area contributed by atoms with E-state index in [-0.39, 0.29) is 18.6 Å². The van der Waals surface area contributed by atoms with Gasteiger partial charge in [0.25, 0.3) is 5.91 Å². The first kappa shape index (κ1) is 17.8. The Bertz CT molecular complexity index is 1350. The molecule has 0 saturated heterocycles. The molecule has 0 saturated carbocycles. The Balaban J connectivity index is 1.55. The number of aromatic hydroxyl groups is 1. The van der Waals surface area contributed by atoms with Crippen molar-refractivity contribution in [2.45, 2.75) is 6.54 Å². The third-order valence-electron chi connectivity index (χ3n) is 4.67. The molecule has 0 radical (unpaired) electrons. The van der Waals surface area contributed by atoms with Gasteiger partial charge in [0.15, 0.2) is 15.5 Å². The van der Waals surface area contributed by atoms with Gasteiger partial charge in [-0.25, -0.2) is 4.99 Å². The predicted molar refractivity (Wildman–Crippen MR) is 111 cm³/mol. The van der Waals surface area contributed by atoms with Gasteiger partial charge in [-0.15, -0.1) is 11.3 Å². The molecule has 0 aliphatic carbocycles. The van der Waals surface area contributed by atoms with Crippen molar-refractivity contribution >= 4 is 41.6 Å². The number of aromatic nitrogens is 1. The Morgan fingerprint density at radius 2 is 1.97 bits per heavy atom. The minimum Gasteiger partial charge on any atom is -0.493 e. The fourth-order valence-electron chi connectivity index (χ4n) is 3.22. The molecule has 29 heavy (non-hydrogen) atoms. The highest BCUT2D eigenvalue weighted by Crippen LogP contribution is 2.31. The van der Waals surface area contributed by atoms with Crippen LogP contribution in [-0.4, -0.2) is 22.4 Å². The average molecular weight is 422 g/mol. The standard InChI is InChI=1S/C21H14N2O4S2/c24-19-14(6-13-7-16-17(27-11-26-16)9-15(13)22-19)8-18-20(25)23(21(28)29-18)10-12-4-2-1-3-5-12/h1-9,25H,10-11H2. The van der Waals surface area contributed by atoms with Crippen LogP contribution >= 0.6 is 23.6 Å². The minimum absolute atomic E-state index is 0.0361. The monoisotopic (exact) mass is 422 g/mol. The van der Waals surface area contributed by atoms with Crippen molar-refractivity contribution in [3.63, 3.8) is 0 Å². The molecule has 2 aromatic carbocycles. The van der Waals surface area contributed by atoms with Gasteiger partial charge in [-0.2, -0.15) is 0 Å². The molecule has 6 nitrogen and oxygen atoms in total. The first-order valence-electron chi connectivity index (χ1n) is 8.81. The average Bonchev–Trinajstić information content (AvgIpc) is 3.27. The van der Waals surface area contributed by atoms with E-state index in [0.717, 1.165) is 10.8 Å². The van der Waals surface area contributed by atoms with E-state index in [1.54, 1.807) is 28.9 Å². The summed E-state index contributed by atoms with van der Waals surface area (Å²) in [6.45, 7) is 0.612. The van der Waals surface area contributed by atoms with Crippen molar-refractivity contribution < 1.29 is 19.4 Å². The normalized spacial score (nSPS) is 15.7. The number of carbonyl (C=O) groups excluding carboxylic acids is 1. The van der Waals surface area contributed by atoms with Crippen LogP contribution in [0.5, 0.6) is 17.4 Å². The molecule has 5 rings (SSSR count). The molecule has 1 N–H and O–H groups in total. The topological polar surface area (TPSA) is 73.1 Å². The van der Waals surface area contributed by atoms with E-state index in [1.807, 2.05) is 30.3 Å². The van der Waals surface area contributed by atoms with Gasteiger partial charge in [0, 0.05) is 16.9 Å². The van der Waals surface area contributed by atoms with Crippen LogP contribution in [0.1, 0.15) is 10.4 Å². The fraction of sp³-hybridized carbons (Fsp3) is 0.0952. The number of fused-ring (bicyclic) bond motifs is 2. The summed E-state index contributed by atoms with van der Waals surface area (Å²) in [7, 11) is 0. The number of hydrogen-bond acceptors (Lipinski definition) is 6. The summed E-state index contributed by atoms with van der Waals surface area (Å²) in [5.74, 6) is 0.852. The van der Waals surface area contributed by atoms with E-state index >= 15 is 0 Å². The number of rotatable bonds is 3. The molecule has 1 aromatic heterocycles. The summed E-state index contributed by atoms with van der Waals surface area (Å²) in [5.41, 5.74) is 1.39. The lowest BCUT2D eigenvalue weighted by Gasteiger charge is -2.06. The molecular weight excluding hydrogens is 408 g/mol. The summed E-state index contributed by atoms with van der Waals surface area (Å²) in [6.07, 6.45) is 3.35. The maximum absolute atomic E-state index is 12.5. The summed E-state index contributed by atoms with van der Waals surface area (Å²) in [6, 6.07) is 13.2. The Morgan fingerprint density at radius 1 is 1.21 bits per heavy atom. The third kappa shape index (κ3) is 3.26. The van der Waals surface area contributed by atoms with Gasteiger partial charge in [0.2, 0.25) is 12.7 Å². The smallest absolute Gasteiger partial charge is 0.277 e. The summed E-state index contributed by atoms with van der Waals surface area (Å²) >= 11 is 6.67. The molecular formula is C21H14N2O4S2. The lowest BCUT2D eigenvalue weighted by molar-refractivity contribution is -0.114. The lowest BCUT2D eigenvalue weighted by Crippen LogP contribution is -2.30. The van der Waals surface area contributed by atoms with Gasteiger partial charge in [0.1, 0.15) is 0 Å². The first-order chi connectivity index (χ1) is 14.1. The van der Waals surface area contributed by atoms with Crippen LogP contribution in [0.3, 0.4) is 0 Å². The Morgan fingerprint density at radius 3 is 2.76 bits per heavy atom. The van der Waals surface area contributed by atoms with E-state index in [1.165, 1.54) is 11.3 Å². The fourth-order valence-corrected chi connectivity index (χ4v) is 4.48. The molecule has 0 fully saturated rings.